The first-order valence-corrected chi connectivity index (χ1v) is 6.25. The van der Waals surface area contributed by atoms with Gasteiger partial charge in [-0.15, -0.1) is 0 Å². The lowest BCUT2D eigenvalue weighted by molar-refractivity contribution is 0.506. The standard InChI is InChI=1S/C14H17F2N3/c1-4-13-14(8-19(3)18-13)17-9(2)10-5-6-11(15)12(16)7-10/h5-9,17H,4H2,1-3H3. The van der Waals surface area contributed by atoms with Crippen molar-refractivity contribution < 1.29 is 8.78 Å². The second-order valence-electron chi connectivity index (χ2n) is 4.56. The van der Waals surface area contributed by atoms with Crippen LogP contribution >= 0.6 is 0 Å². The van der Waals surface area contributed by atoms with Gasteiger partial charge in [-0.05, 0) is 31.0 Å². The molecule has 0 saturated carbocycles. The molecule has 0 spiro atoms. The first-order chi connectivity index (χ1) is 9.01. The van der Waals surface area contributed by atoms with E-state index in [-0.39, 0.29) is 6.04 Å². The van der Waals surface area contributed by atoms with Gasteiger partial charge in [0.15, 0.2) is 11.6 Å². The summed E-state index contributed by atoms with van der Waals surface area (Å²) < 4.78 is 27.8. The molecule has 0 radical (unpaired) electrons. The quantitative estimate of drug-likeness (QED) is 0.917. The second-order valence-corrected chi connectivity index (χ2v) is 4.56. The molecule has 0 amide bonds. The van der Waals surface area contributed by atoms with Crippen LogP contribution in [-0.2, 0) is 13.5 Å². The van der Waals surface area contributed by atoms with E-state index in [0.29, 0.717) is 5.56 Å². The summed E-state index contributed by atoms with van der Waals surface area (Å²) >= 11 is 0. The predicted molar refractivity (Wildman–Crippen MR) is 71.0 cm³/mol. The average molecular weight is 265 g/mol. The van der Waals surface area contributed by atoms with Crippen LogP contribution in [0.4, 0.5) is 14.5 Å². The highest BCUT2D eigenvalue weighted by Crippen LogP contribution is 2.23. The van der Waals surface area contributed by atoms with Gasteiger partial charge in [-0.1, -0.05) is 13.0 Å². The van der Waals surface area contributed by atoms with E-state index in [2.05, 4.69) is 10.4 Å². The van der Waals surface area contributed by atoms with Gasteiger partial charge in [-0.2, -0.15) is 5.10 Å². The first-order valence-electron chi connectivity index (χ1n) is 6.25. The molecule has 0 aliphatic carbocycles. The average Bonchev–Trinajstić information content (AvgIpc) is 2.72. The van der Waals surface area contributed by atoms with Crippen LogP contribution in [0, 0.1) is 11.6 Å². The summed E-state index contributed by atoms with van der Waals surface area (Å²) in [7, 11) is 1.85. The van der Waals surface area contributed by atoms with Gasteiger partial charge in [-0.25, -0.2) is 8.78 Å². The van der Waals surface area contributed by atoms with Crippen LogP contribution < -0.4 is 5.32 Å². The highest BCUT2D eigenvalue weighted by atomic mass is 19.2. The van der Waals surface area contributed by atoms with Gasteiger partial charge in [0.2, 0.25) is 0 Å². The minimum Gasteiger partial charge on any atom is -0.376 e. The minimum atomic E-state index is -0.827. The molecule has 1 aromatic heterocycles. The molecule has 0 bridgehead atoms. The number of nitrogens with one attached hydrogen (secondary N) is 1. The van der Waals surface area contributed by atoms with Crippen LogP contribution in [0.1, 0.15) is 31.1 Å². The van der Waals surface area contributed by atoms with Crippen LogP contribution in [0.5, 0.6) is 0 Å². The molecule has 0 aliphatic heterocycles. The van der Waals surface area contributed by atoms with Crippen molar-refractivity contribution in [1.29, 1.82) is 0 Å². The summed E-state index contributed by atoms with van der Waals surface area (Å²) in [4.78, 5) is 0. The number of aromatic nitrogens is 2. The zero-order chi connectivity index (χ0) is 14.0. The largest absolute Gasteiger partial charge is 0.376 e. The van der Waals surface area contributed by atoms with Gasteiger partial charge in [0.05, 0.1) is 11.4 Å². The fourth-order valence-corrected chi connectivity index (χ4v) is 2.01. The Kier molecular flexibility index (Phi) is 3.83. The fourth-order valence-electron chi connectivity index (χ4n) is 2.01. The van der Waals surface area contributed by atoms with E-state index in [9.17, 15) is 8.78 Å². The predicted octanol–water partition coefficient (Wildman–Crippen LogP) is 3.43. The van der Waals surface area contributed by atoms with Gasteiger partial charge < -0.3 is 5.32 Å². The Morgan fingerprint density at radius 1 is 1.32 bits per heavy atom. The summed E-state index contributed by atoms with van der Waals surface area (Å²) in [5, 5.41) is 7.60. The molecule has 1 N–H and O–H groups in total. The maximum absolute atomic E-state index is 13.2. The molecule has 2 aromatic rings. The number of anilines is 1. The zero-order valence-corrected chi connectivity index (χ0v) is 11.2. The monoisotopic (exact) mass is 265 g/mol. The molecule has 0 fully saturated rings. The Labute approximate surface area is 111 Å². The summed E-state index contributed by atoms with van der Waals surface area (Å²) in [5.41, 5.74) is 2.57. The fraction of sp³-hybridized carbons (Fsp3) is 0.357. The lowest BCUT2D eigenvalue weighted by atomic mass is 10.1. The molecule has 5 heteroatoms. The smallest absolute Gasteiger partial charge is 0.159 e. The summed E-state index contributed by atoms with van der Waals surface area (Å²) in [6, 6.07) is 3.82. The minimum absolute atomic E-state index is 0.121. The van der Waals surface area contributed by atoms with E-state index in [4.69, 9.17) is 0 Å². The van der Waals surface area contributed by atoms with Crippen molar-refractivity contribution in [2.45, 2.75) is 26.3 Å². The van der Waals surface area contributed by atoms with Gasteiger partial charge in [-0.3, -0.25) is 4.68 Å². The molecule has 2 rings (SSSR count). The maximum Gasteiger partial charge on any atom is 0.159 e. The number of nitrogens with zero attached hydrogens (tertiary/aromatic N) is 2. The Hall–Kier alpha value is -1.91. The van der Waals surface area contributed by atoms with E-state index in [0.717, 1.165) is 23.9 Å². The Bertz CT molecular complexity index is 578. The van der Waals surface area contributed by atoms with Crippen LogP contribution in [0.15, 0.2) is 24.4 Å². The van der Waals surface area contributed by atoms with Gasteiger partial charge in [0.25, 0.3) is 0 Å². The van der Waals surface area contributed by atoms with Crippen LogP contribution in [0.2, 0.25) is 0 Å². The molecular formula is C14H17F2N3. The van der Waals surface area contributed by atoms with Crippen molar-refractivity contribution in [3.63, 3.8) is 0 Å². The topological polar surface area (TPSA) is 29.9 Å². The second kappa shape index (κ2) is 5.38. The maximum atomic E-state index is 13.2. The summed E-state index contributed by atoms with van der Waals surface area (Å²) in [6.07, 6.45) is 2.70. The van der Waals surface area contributed by atoms with E-state index >= 15 is 0 Å². The summed E-state index contributed by atoms with van der Waals surface area (Å²) in [5.74, 6) is -1.65. The number of hydrogen-bond donors (Lipinski definition) is 1. The Morgan fingerprint density at radius 3 is 2.68 bits per heavy atom. The SMILES string of the molecule is CCc1nn(C)cc1NC(C)c1ccc(F)c(F)c1. The molecule has 3 nitrogen and oxygen atoms in total. The third kappa shape index (κ3) is 2.92. The lowest BCUT2D eigenvalue weighted by Gasteiger charge is -2.15. The highest BCUT2D eigenvalue weighted by Gasteiger charge is 2.12. The van der Waals surface area contributed by atoms with Crippen molar-refractivity contribution in [1.82, 2.24) is 9.78 Å². The third-order valence-corrected chi connectivity index (χ3v) is 3.06. The number of aryl methyl sites for hydroxylation is 2. The van der Waals surface area contributed by atoms with E-state index in [1.54, 1.807) is 10.7 Å². The van der Waals surface area contributed by atoms with Crippen molar-refractivity contribution >= 4 is 5.69 Å². The van der Waals surface area contributed by atoms with Gasteiger partial charge in [0, 0.05) is 19.3 Å². The molecule has 1 heterocycles. The molecule has 1 unspecified atom stereocenters. The lowest BCUT2D eigenvalue weighted by Crippen LogP contribution is -2.08. The molecule has 102 valence electrons. The van der Waals surface area contributed by atoms with E-state index in [1.807, 2.05) is 27.1 Å². The number of hydrogen-bond acceptors (Lipinski definition) is 2. The Morgan fingerprint density at radius 2 is 2.05 bits per heavy atom. The van der Waals surface area contributed by atoms with Crippen LogP contribution in [0.25, 0.3) is 0 Å². The van der Waals surface area contributed by atoms with E-state index < -0.39 is 11.6 Å². The summed E-state index contributed by atoms with van der Waals surface area (Å²) in [6.45, 7) is 3.93. The number of halogens is 2. The van der Waals surface area contributed by atoms with Crippen LogP contribution in [-0.4, -0.2) is 9.78 Å². The third-order valence-electron chi connectivity index (χ3n) is 3.06. The number of benzene rings is 1. The van der Waals surface area contributed by atoms with Crippen molar-refractivity contribution in [2.24, 2.45) is 7.05 Å². The van der Waals surface area contributed by atoms with Crippen molar-refractivity contribution in [2.75, 3.05) is 5.32 Å². The highest BCUT2D eigenvalue weighted by molar-refractivity contribution is 5.48. The normalized spacial score (nSPS) is 12.5. The number of rotatable bonds is 4. The molecule has 0 saturated heterocycles. The van der Waals surface area contributed by atoms with Gasteiger partial charge >= 0.3 is 0 Å². The van der Waals surface area contributed by atoms with Gasteiger partial charge in [0.1, 0.15) is 0 Å². The zero-order valence-electron chi connectivity index (χ0n) is 11.2. The molecule has 0 aliphatic rings. The van der Waals surface area contributed by atoms with Crippen molar-refractivity contribution in [3.8, 4) is 0 Å². The van der Waals surface area contributed by atoms with Crippen LogP contribution in [0.3, 0.4) is 0 Å². The Balaban J connectivity index is 2.20. The molecular weight excluding hydrogens is 248 g/mol. The molecule has 1 atom stereocenters. The molecule has 1 aromatic carbocycles. The van der Waals surface area contributed by atoms with E-state index in [1.165, 1.54) is 6.07 Å². The molecule has 19 heavy (non-hydrogen) atoms. The van der Waals surface area contributed by atoms with Crippen molar-refractivity contribution in [3.05, 3.63) is 47.3 Å². The first kappa shape index (κ1) is 13.5.